The van der Waals surface area contributed by atoms with Crippen LogP contribution in [0.15, 0.2) is 39.0 Å². The SMILES string of the molecule is Cn1[nH]c(=O)c(=O)nc1SCc1ccc(I)cc1. The van der Waals surface area contributed by atoms with Crippen LogP contribution in [0.25, 0.3) is 0 Å². The molecule has 1 heterocycles. The maximum absolute atomic E-state index is 11.2. The number of benzene rings is 1. The largest absolute Gasteiger partial charge is 0.339 e. The Bertz CT molecular complexity index is 663. The number of H-pyrrole nitrogens is 1. The third-order valence-corrected chi connectivity index (χ3v) is 4.05. The molecule has 1 N–H and O–H groups in total. The molecule has 0 saturated heterocycles. The lowest BCUT2D eigenvalue weighted by Crippen LogP contribution is -2.33. The lowest BCUT2D eigenvalue weighted by molar-refractivity contribution is 0.596. The molecular formula is C11H10IN3O2S. The summed E-state index contributed by atoms with van der Waals surface area (Å²) in [6.45, 7) is 0. The number of aryl methyl sites for hydroxylation is 1. The molecule has 18 heavy (non-hydrogen) atoms. The third-order valence-electron chi connectivity index (χ3n) is 2.23. The number of aromatic nitrogens is 3. The zero-order valence-electron chi connectivity index (χ0n) is 9.51. The van der Waals surface area contributed by atoms with Gasteiger partial charge in [-0.1, -0.05) is 23.9 Å². The van der Waals surface area contributed by atoms with Gasteiger partial charge in [0.15, 0.2) is 5.16 Å². The Kier molecular flexibility index (Phi) is 4.23. The fourth-order valence-electron chi connectivity index (χ4n) is 1.32. The van der Waals surface area contributed by atoms with Crippen LogP contribution < -0.4 is 11.1 Å². The summed E-state index contributed by atoms with van der Waals surface area (Å²) in [5.41, 5.74) is -0.310. The maximum atomic E-state index is 11.2. The fraction of sp³-hybridized carbons (Fsp3) is 0.182. The Morgan fingerprint density at radius 1 is 1.33 bits per heavy atom. The summed E-state index contributed by atoms with van der Waals surface area (Å²) >= 11 is 3.65. The Morgan fingerprint density at radius 3 is 2.67 bits per heavy atom. The van der Waals surface area contributed by atoms with E-state index in [-0.39, 0.29) is 0 Å². The number of halogens is 1. The molecule has 0 atom stereocenters. The van der Waals surface area contributed by atoms with Gasteiger partial charge in [-0.05, 0) is 40.3 Å². The normalized spacial score (nSPS) is 10.6. The average molecular weight is 375 g/mol. The van der Waals surface area contributed by atoms with Crippen molar-refractivity contribution in [3.8, 4) is 0 Å². The van der Waals surface area contributed by atoms with Gasteiger partial charge in [0.05, 0.1) is 0 Å². The molecule has 0 bridgehead atoms. The molecule has 94 valence electrons. The molecule has 5 nitrogen and oxygen atoms in total. The molecule has 2 rings (SSSR count). The molecule has 0 amide bonds. The van der Waals surface area contributed by atoms with Gasteiger partial charge in [0.1, 0.15) is 0 Å². The van der Waals surface area contributed by atoms with Crippen LogP contribution in [0.3, 0.4) is 0 Å². The Balaban J connectivity index is 2.15. The van der Waals surface area contributed by atoms with Gasteiger partial charge >= 0.3 is 11.1 Å². The van der Waals surface area contributed by atoms with Crippen LogP contribution in [0, 0.1) is 3.57 Å². The predicted molar refractivity (Wildman–Crippen MR) is 78.8 cm³/mol. The van der Waals surface area contributed by atoms with Crippen LogP contribution in [-0.2, 0) is 12.8 Å². The van der Waals surface area contributed by atoms with Crippen LogP contribution in [0.5, 0.6) is 0 Å². The van der Waals surface area contributed by atoms with Crippen molar-refractivity contribution in [2.24, 2.45) is 7.05 Å². The van der Waals surface area contributed by atoms with Gasteiger partial charge in [-0.3, -0.25) is 19.4 Å². The molecule has 1 aromatic heterocycles. The summed E-state index contributed by atoms with van der Waals surface area (Å²) in [5, 5.41) is 2.91. The zero-order chi connectivity index (χ0) is 13.1. The second kappa shape index (κ2) is 5.70. The number of hydrogen-bond donors (Lipinski definition) is 1. The van der Waals surface area contributed by atoms with E-state index in [0.717, 1.165) is 5.56 Å². The first-order chi connectivity index (χ1) is 8.56. The van der Waals surface area contributed by atoms with Gasteiger partial charge in [0.2, 0.25) is 0 Å². The van der Waals surface area contributed by atoms with Crippen LogP contribution in [0.1, 0.15) is 5.56 Å². The smallest absolute Gasteiger partial charge is 0.265 e. The molecule has 0 radical (unpaired) electrons. The molecule has 2 aromatic rings. The average Bonchev–Trinajstić information content (AvgIpc) is 2.34. The van der Waals surface area contributed by atoms with Gasteiger partial charge in [0, 0.05) is 16.4 Å². The van der Waals surface area contributed by atoms with Gasteiger partial charge in [-0.15, -0.1) is 0 Å². The topological polar surface area (TPSA) is 67.8 Å². The number of nitrogens with one attached hydrogen (secondary N) is 1. The van der Waals surface area contributed by atoms with E-state index in [1.54, 1.807) is 7.05 Å². The van der Waals surface area contributed by atoms with Crippen LogP contribution in [-0.4, -0.2) is 14.8 Å². The highest BCUT2D eigenvalue weighted by molar-refractivity contribution is 14.1. The van der Waals surface area contributed by atoms with E-state index in [1.807, 2.05) is 24.3 Å². The lowest BCUT2D eigenvalue weighted by atomic mass is 10.2. The fourth-order valence-corrected chi connectivity index (χ4v) is 2.55. The van der Waals surface area contributed by atoms with E-state index < -0.39 is 11.1 Å². The van der Waals surface area contributed by atoms with E-state index in [9.17, 15) is 9.59 Å². The number of rotatable bonds is 3. The highest BCUT2D eigenvalue weighted by Gasteiger charge is 2.04. The molecule has 0 saturated carbocycles. The second-order valence-electron chi connectivity index (χ2n) is 3.61. The van der Waals surface area contributed by atoms with Gasteiger partial charge in [-0.2, -0.15) is 4.98 Å². The van der Waals surface area contributed by atoms with Crippen LogP contribution >= 0.6 is 34.4 Å². The first-order valence-electron chi connectivity index (χ1n) is 5.11. The number of thioether (sulfide) groups is 1. The quantitative estimate of drug-likeness (QED) is 0.500. The number of hydrogen-bond acceptors (Lipinski definition) is 4. The van der Waals surface area contributed by atoms with Crippen molar-refractivity contribution in [1.82, 2.24) is 14.8 Å². The molecular weight excluding hydrogens is 365 g/mol. The minimum absolute atomic E-state index is 0.498. The highest BCUT2D eigenvalue weighted by Crippen LogP contribution is 2.19. The van der Waals surface area contributed by atoms with Gasteiger partial charge in [-0.25, -0.2) is 0 Å². The molecule has 0 aliphatic rings. The third kappa shape index (κ3) is 3.22. The van der Waals surface area contributed by atoms with Crippen molar-refractivity contribution in [3.05, 3.63) is 54.1 Å². The summed E-state index contributed by atoms with van der Waals surface area (Å²) in [6, 6.07) is 8.10. The molecule has 0 aliphatic heterocycles. The van der Waals surface area contributed by atoms with Crippen molar-refractivity contribution >= 4 is 34.4 Å². The maximum Gasteiger partial charge on any atom is 0.339 e. The van der Waals surface area contributed by atoms with E-state index in [2.05, 4.69) is 32.7 Å². The van der Waals surface area contributed by atoms with Gasteiger partial charge in [0.25, 0.3) is 0 Å². The minimum atomic E-state index is -0.752. The van der Waals surface area contributed by atoms with Gasteiger partial charge < -0.3 is 0 Å². The number of nitrogens with zero attached hydrogens (tertiary/aromatic N) is 2. The summed E-state index contributed by atoms with van der Waals surface area (Å²) in [4.78, 5) is 25.9. The monoisotopic (exact) mass is 375 g/mol. The molecule has 0 unspecified atom stereocenters. The van der Waals surface area contributed by atoms with Crippen molar-refractivity contribution in [1.29, 1.82) is 0 Å². The molecule has 0 fully saturated rings. The number of aromatic amines is 1. The van der Waals surface area contributed by atoms with Crippen molar-refractivity contribution in [3.63, 3.8) is 0 Å². The standard InChI is InChI=1S/C11H10IN3O2S/c1-15-11(13-9(16)10(17)14-15)18-6-7-2-4-8(12)5-3-7/h2-5H,6H2,1H3,(H,14,17). The summed E-state index contributed by atoms with van der Waals surface area (Å²) < 4.78 is 2.64. The first-order valence-corrected chi connectivity index (χ1v) is 7.17. The highest BCUT2D eigenvalue weighted by atomic mass is 127. The summed E-state index contributed by atoms with van der Waals surface area (Å²) in [5.74, 6) is 0.698. The summed E-state index contributed by atoms with van der Waals surface area (Å²) in [6.07, 6.45) is 0. The zero-order valence-corrected chi connectivity index (χ0v) is 12.5. The van der Waals surface area contributed by atoms with Crippen molar-refractivity contribution in [2.75, 3.05) is 0 Å². The minimum Gasteiger partial charge on any atom is -0.265 e. The predicted octanol–water partition coefficient (Wildman–Crippen LogP) is 1.37. The van der Waals surface area contributed by atoms with E-state index in [0.29, 0.717) is 10.9 Å². The molecule has 7 heteroatoms. The first kappa shape index (κ1) is 13.3. The van der Waals surface area contributed by atoms with Crippen LogP contribution in [0.4, 0.5) is 0 Å². The lowest BCUT2D eigenvalue weighted by Gasteiger charge is -2.05. The van der Waals surface area contributed by atoms with E-state index in [4.69, 9.17) is 0 Å². The second-order valence-corrected chi connectivity index (χ2v) is 5.80. The van der Waals surface area contributed by atoms with E-state index >= 15 is 0 Å². The summed E-state index contributed by atoms with van der Waals surface area (Å²) in [7, 11) is 1.66. The molecule has 0 aliphatic carbocycles. The molecule has 0 spiro atoms. The van der Waals surface area contributed by atoms with E-state index in [1.165, 1.54) is 20.0 Å². The van der Waals surface area contributed by atoms with Crippen molar-refractivity contribution < 1.29 is 0 Å². The molecule has 1 aromatic carbocycles. The Morgan fingerprint density at radius 2 is 2.00 bits per heavy atom. The Labute approximate surface area is 121 Å². The van der Waals surface area contributed by atoms with Crippen LogP contribution in [0.2, 0.25) is 0 Å². The Hall–Kier alpha value is -1.09. The van der Waals surface area contributed by atoms with Crippen molar-refractivity contribution in [2.45, 2.75) is 10.9 Å².